The van der Waals surface area contributed by atoms with Crippen molar-refractivity contribution in [2.24, 2.45) is 0 Å². The molecule has 0 bridgehead atoms. The summed E-state index contributed by atoms with van der Waals surface area (Å²) in [6.07, 6.45) is 2.04. The Morgan fingerprint density at radius 2 is 1.79 bits per heavy atom. The molecule has 1 saturated heterocycles. The highest BCUT2D eigenvalue weighted by Gasteiger charge is 2.46. The fraction of sp³-hybridized carbons (Fsp3) is 0.818. The molecule has 2 amide bonds. The summed E-state index contributed by atoms with van der Waals surface area (Å²) in [5.74, 6) is -0.990. The maximum Gasteiger partial charge on any atom is 0.329 e. The maximum absolute atomic E-state index is 12.0. The summed E-state index contributed by atoms with van der Waals surface area (Å²) in [6.45, 7) is 0.477. The quantitative estimate of drug-likeness (QED) is 0.734. The molecule has 0 aromatic rings. The summed E-state index contributed by atoms with van der Waals surface area (Å²) in [7, 11) is -3.08. The lowest BCUT2D eigenvalue weighted by Crippen LogP contribution is -2.61. The van der Waals surface area contributed by atoms with Crippen LogP contribution >= 0.6 is 0 Å². The molecule has 2 fully saturated rings. The molecule has 7 nitrogen and oxygen atoms in total. The van der Waals surface area contributed by atoms with Gasteiger partial charge in [-0.25, -0.2) is 18.0 Å². The Balaban J connectivity index is 1.98. The second-order valence-corrected chi connectivity index (χ2v) is 7.47. The molecule has 1 saturated carbocycles. The van der Waals surface area contributed by atoms with Gasteiger partial charge in [0.1, 0.15) is 5.54 Å². The lowest BCUT2D eigenvalue weighted by atomic mass is 9.77. The third-order valence-corrected chi connectivity index (χ3v) is 5.52. The number of hydrogen-bond donors (Lipinski definition) is 2. The van der Waals surface area contributed by atoms with Crippen LogP contribution in [0.15, 0.2) is 0 Å². The van der Waals surface area contributed by atoms with Gasteiger partial charge in [-0.15, -0.1) is 0 Å². The van der Waals surface area contributed by atoms with Crippen LogP contribution in [0.4, 0.5) is 4.79 Å². The van der Waals surface area contributed by atoms with E-state index < -0.39 is 27.4 Å². The van der Waals surface area contributed by atoms with Crippen molar-refractivity contribution in [1.82, 2.24) is 10.2 Å². The number of carboxylic acid groups (broad SMARTS) is 1. The normalized spacial score (nSPS) is 24.9. The number of nitrogens with one attached hydrogen (secondary N) is 1. The number of aliphatic carboxylic acids is 1. The van der Waals surface area contributed by atoms with Crippen LogP contribution in [0, 0.1) is 0 Å². The van der Waals surface area contributed by atoms with Crippen LogP contribution in [0.1, 0.15) is 25.7 Å². The third kappa shape index (κ3) is 2.99. The summed E-state index contributed by atoms with van der Waals surface area (Å²) in [5.41, 5.74) is -1.15. The largest absolute Gasteiger partial charge is 0.480 e. The SMILES string of the molecule is O=C(NC1(C(=O)O)CCC1)N1CCCS(=O)(=O)CC1. The topological polar surface area (TPSA) is 104 Å². The molecule has 1 heterocycles. The van der Waals surface area contributed by atoms with E-state index in [2.05, 4.69) is 5.32 Å². The molecule has 0 atom stereocenters. The first-order valence-electron chi connectivity index (χ1n) is 6.36. The molecule has 2 aliphatic rings. The van der Waals surface area contributed by atoms with E-state index in [0.29, 0.717) is 25.8 Å². The molecule has 2 rings (SSSR count). The Morgan fingerprint density at radius 1 is 1.11 bits per heavy atom. The van der Waals surface area contributed by atoms with Crippen LogP contribution in [-0.4, -0.2) is 60.6 Å². The van der Waals surface area contributed by atoms with Gasteiger partial charge in [0.05, 0.1) is 11.5 Å². The van der Waals surface area contributed by atoms with E-state index in [1.807, 2.05) is 0 Å². The number of urea groups is 1. The minimum atomic E-state index is -3.08. The number of carboxylic acids is 1. The van der Waals surface area contributed by atoms with Gasteiger partial charge in [0.15, 0.2) is 9.84 Å². The van der Waals surface area contributed by atoms with Gasteiger partial charge in [-0.2, -0.15) is 0 Å². The van der Waals surface area contributed by atoms with Crippen molar-refractivity contribution in [3.8, 4) is 0 Å². The Hall–Kier alpha value is -1.31. The van der Waals surface area contributed by atoms with Crippen LogP contribution in [0.5, 0.6) is 0 Å². The van der Waals surface area contributed by atoms with Gasteiger partial charge in [0, 0.05) is 13.1 Å². The minimum absolute atomic E-state index is 0.0551. The number of hydrogen-bond acceptors (Lipinski definition) is 4. The molecule has 1 aliphatic carbocycles. The van der Waals surface area contributed by atoms with Crippen LogP contribution in [0.3, 0.4) is 0 Å². The monoisotopic (exact) mass is 290 g/mol. The Bertz CT molecular complexity index is 483. The summed E-state index contributed by atoms with van der Waals surface area (Å²) in [6, 6.07) is -0.473. The Morgan fingerprint density at radius 3 is 2.32 bits per heavy atom. The van der Waals surface area contributed by atoms with Gasteiger partial charge < -0.3 is 15.3 Å². The van der Waals surface area contributed by atoms with Crippen molar-refractivity contribution in [1.29, 1.82) is 0 Å². The van der Waals surface area contributed by atoms with E-state index in [0.717, 1.165) is 6.42 Å². The Kier molecular flexibility index (Phi) is 3.71. The molecule has 108 valence electrons. The van der Waals surface area contributed by atoms with Crippen LogP contribution in [0.2, 0.25) is 0 Å². The van der Waals surface area contributed by atoms with E-state index >= 15 is 0 Å². The van der Waals surface area contributed by atoms with Gasteiger partial charge in [0.2, 0.25) is 0 Å². The molecule has 19 heavy (non-hydrogen) atoms. The highest BCUT2D eigenvalue weighted by atomic mass is 32.2. The predicted molar refractivity (Wildman–Crippen MR) is 67.6 cm³/mol. The van der Waals surface area contributed by atoms with E-state index in [1.54, 1.807) is 0 Å². The maximum atomic E-state index is 12.0. The van der Waals surface area contributed by atoms with Crippen molar-refractivity contribution in [3.05, 3.63) is 0 Å². The highest BCUT2D eigenvalue weighted by molar-refractivity contribution is 7.91. The fourth-order valence-corrected chi connectivity index (χ4v) is 3.62. The average Bonchev–Trinajstić information content (AvgIpc) is 2.44. The third-order valence-electron chi connectivity index (χ3n) is 3.81. The summed E-state index contributed by atoms with van der Waals surface area (Å²) >= 11 is 0. The second-order valence-electron chi connectivity index (χ2n) is 5.16. The lowest BCUT2D eigenvalue weighted by molar-refractivity contribution is -0.148. The molecule has 2 N–H and O–H groups in total. The standard InChI is InChI=1S/C11H18N2O5S/c14-9(15)11(3-1-4-11)12-10(16)13-5-2-7-19(17,18)8-6-13/h1-8H2,(H,12,16)(H,14,15). The van der Waals surface area contributed by atoms with Gasteiger partial charge in [-0.3, -0.25) is 0 Å². The molecule has 8 heteroatoms. The fourth-order valence-electron chi connectivity index (χ4n) is 2.35. The van der Waals surface area contributed by atoms with E-state index in [9.17, 15) is 18.0 Å². The van der Waals surface area contributed by atoms with E-state index in [-0.39, 0.29) is 18.1 Å². The van der Waals surface area contributed by atoms with Crippen molar-refractivity contribution in [3.63, 3.8) is 0 Å². The molecule has 0 unspecified atom stereocenters. The highest BCUT2D eigenvalue weighted by Crippen LogP contribution is 2.32. The van der Waals surface area contributed by atoms with E-state index in [1.165, 1.54) is 4.90 Å². The van der Waals surface area contributed by atoms with Gasteiger partial charge in [0.25, 0.3) is 0 Å². The zero-order valence-corrected chi connectivity index (χ0v) is 11.4. The van der Waals surface area contributed by atoms with Crippen molar-refractivity contribution in [2.45, 2.75) is 31.2 Å². The Labute approximate surface area is 111 Å². The molecule has 0 aromatic heterocycles. The van der Waals surface area contributed by atoms with Crippen LogP contribution in [-0.2, 0) is 14.6 Å². The number of carbonyl (C=O) groups is 2. The van der Waals surface area contributed by atoms with E-state index in [4.69, 9.17) is 5.11 Å². The summed E-state index contributed by atoms with van der Waals surface area (Å²) < 4.78 is 22.9. The van der Waals surface area contributed by atoms with Crippen molar-refractivity contribution < 1.29 is 23.1 Å². The molecule has 0 spiro atoms. The summed E-state index contributed by atoms with van der Waals surface area (Å²) in [4.78, 5) is 24.6. The molecular weight excluding hydrogens is 272 g/mol. The number of nitrogens with zero attached hydrogens (tertiary/aromatic N) is 1. The zero-order chi connectivity index (χ0) is 14.1. The lowest BCUT2D eigenvalue weighted by Gasteiger charge is -2.39. The molecule has 1 aliphatic heterocycles. The average molecular weight is 290 g/mol. The first-order chi connectivity index (χ1) is 8.85. The summed E-state index contributed by atoms with van der Waals surface area (Å²) in [5, 5.41) is 11.7. The molecular formula is C11H18N2O5S. The first-order valence-corrected chi connectivity index (χ1v) is 8.18. The smallest absolute Gasteiger partial charge is 0.329 e. The van der Waals surface area contributed by atoms with Crippen LogP contribution < -0.4 is 5.32 Å². The van der Waals surface area contributed by atoms with Crippen molar-refractivity contribution in [2.75, 3.05) is 24.6 Å². The number of sulfone groups is 1. The van der Waals surface area contributed by atoms with Gasteiger partial charge in [-0.1, -0.05) is 0 Å². The van der Waals surface area contributed by atoms with Gasteiger partial charge >= 0.3 is 12.0 Å². The predicted octanol–water partition coefficient (Wildman–Crippen LogP) is -0.176. The van der Waals surface area contributed by atoms with Gasteiger partial charge in [-0.05, 0) is 25.7 Å². The van der Waals surface area contributed by atoms with Crippen LogP contribution in [0.25, 0.3) is 0 Å². The van der Waals surface area contributed by atoms with Crippen molar-refractivity contribution >= 4 is 21.8 Å². The minimum Gasteiger partial charge on any atom is -0.480 e. The number of rotatable bonds is 2. The zero-order valence-electron chi connectivity index (χ0n) is 10.6. The number of carbonyl (C=O) groups excluding carboxylic acids is 1. The molecule has 0 radical (unpaired) electrons. The first kappa shape index (κ1) is 14.1. The second kappa shape index (κ2) is 4.99. The number of amides is 2. The molecule has 0 aromatic carbocycles.